The van der Waals surface area contributed by atoms with Crippen molar-refractivity contribution in [3.05, 3.63) is 142 Å². The van der Waals surface area contributed by atoms with Crippen molar-refractivity contribution in [2.45, 2.75) is 57.8 Å². The summed E-state index contributed by atoms with van der Waals surface area (Å²) in [6.07, 6.45) is 2.50. The first kappa shape index (κ1) is 25.5. The predicted molar refractivity (Wildman–Crippen MR) is 154 cm³/mol. The molecule has 4 heteroatoms. The summed E-state index contributed by atoms with van der Waals surface area (Å²) in [5.74, 6) is -0.197. The summed E-state index contributed by atoms with van der Waals surface area (Å²) >= 11 is 0. The lowest BCUT2D eigenvalue weighted by Gasteiger charge is -2.43. The van der Waals surface area contributed by atoms with E-state index in [0.29, 0.717) is 5.56 Å². The number of amides is 1. The van der Waals surface area contributed by atoms with Crippen molar-refractivity contribution < 1.29 is 9.18 Å². The molecule has 0 N–H and O–H groups in total. The Hall–Kier alpha value is -3.76. The number of fused-ring (bicyclic) bond motifs is 2. The molecule has 2 aliphatic rings. The molecule has 0 saturated heterocycles. The maximum Gasteiger partial charge on any atom is 0.240 e. The molecular weight excluding hydrogens is 483 g/mol. The zero-order chi connectivity index (χ0) is 26.9. The normalized spacial score (nSPS) is 17.9. The van der Waals surface area contributed by atoms with Crippen LogP contribution in [0.25, 0.3) is 0 Å². The van der Waals surface area contributed by atoms with Crippen molar-refractivity contribution in [1.29, 1.82) is 0 Å². The Balaban J connectivity index is 1.36. The molecule has 0 fully saturated rings. The fourth-order valence-electron chi connectivity index (χ4n) is 6.58. The molecule has 1 amide bonds. The van der Waals surface area contributed by atoms with Gasteiger partial charge in [0.25, 0.3) is 0 Å². The minimum Gasteiger partial charge on any atom is -0.333 e. The summed E-state index contributed by atoms with van der Waals surface area (Å²) in [5, 5.41) is 0. The van der Waals surface area contributed by atoms with Gasteiger partial charge >= 0.3 is 0 Å². The quantitative estimate of drug-likeness (QED) is 0.285. The van der Waals surface area contributed by atoms with Crippen molar-refractivity contribution >= 4 is 5.91 Å². The highest BCUT2D eigenvalue weighted by molar-refractivity contribution is 5.82. The molecule has 0 unspecified atom stereocenters. The number of rotatable bonds is 6. The molecule has 0 saturated carbocycles. The molecule has 0 bridgehead atoms. The summed E-state index contributed by atoms with van der Waals surface area (Å²) in [6, 6.07) is 32.0. The van der Waals surface area contributed by atoms with Gasteiger partial charge in [0.1, 0.15) is 5.82 Å². The molecular formula is C35H35FN2O. The minimum absolute atomic E-state index is 0.00550. The molecule has 4 aromatic carbocycles. The second kappa shape index (κ2) is 10.8. The van der Waals surface area contributed by atoms with E-state index < -0.39 is 0 Å². The zero-order valence-corrected chi connectivity index (χ0v) is 22.7. The maximum atomic E-state index is 14.9. The predicted octanol–water partition coefficient (Wildman–Crippen LogP) is 6.67. The number of nitrogens with zero attached hydrogens (tertiary/aromatic N) is 2. The van der Waals surface area contributed by atoms with Crippen LogP contribution >= 0.6 is 0 Å². The first-order valence-electron chi connectivity index (χ1n) is 14.0. The van der Waals surface area contributed by atoms with E-state index >= 15 is 0 Å². The van der Waals surface area contributed by atoms with Gasteiger partial charge in [-0.25, -0.2) is 4.39 Å². The largest absolute Gasteiger partial charge is 0.333 e. The Kier molecular flexibility index (Phi) is 7.05. The third-order valence-electron chi connectivity index (χ3n) is 8.71. The Morgan fingerprint density at radius 1 is 0.846 bits per heavy atom. The lowest BCUT2D eigenvalue weighted by Crippen LogP contribution is -2.53. The summed E-state index contributed by atoms with van der Waals surface area (Å²) in [6.45, 7) is 5.25. The smallest absolute Gasteiger partial charge is 0.240 e. The number of hydrogen-bond acceptors (Lipinski definition) is 2. The first-order chi connectivity index (χ1) is 19.0. The van der Waals surface area contributed by atoms with Crippen LogP contribution in [0.15, 0.2) is 97.1 Å². The Morgan fingerprint density at radius 2 is 1.44 bits per heavy atom. The molecule has 6 rings (SSSR count). The van der Waals surface area contributed by atoms with Gasteiger partial charge in [0.2, 0.25) is 5.91 Å². The van der Waals surface area contributed by atoms with Gasteiger partial charge in [-0.15, -0.1) is 0 Å². The molecule has 1 aliphatic heterocycles. The number of carbonyl (C=O) groups is 1. The molecule has 0 radical (unpaired) electrons. The topological polar surface area (TPSA) is 23.6 Å². The zero-order valence-electron chi connectivity index (χ0n) is 22.7. The van der Waals surface area contributed by atoms with Crippen LogP contribution in [-0.4, -0.2) is 34.3 Å². The van der Waals surface area contributed by atoms with E-state index in [4.69, 9.17) is 0 Å². The standard InChI is InChI=1S/C35H35FN2O/c1-24-11-3-8-16-31(24)34-32-17-9-6-12-26(32)19-20-37(34)25(2)35(39)38(23-29-15-7-10-18-33(29)36)30-21-27-13-4-5-14-28(27)22-30/h3-18,25,30,34H,19-23H2,1-2H3/t25-,34+/m1/s1. The van der Waals surface area contributed by atoms with Crippen LogP contribution in [0.5, 0.6) is 0 Å². The molecule has 1 heterocycles. The van der Waals surface area contributed by atoms with E-state index in [1.54, 1.807) is 12.1 Å². The average molecular weight is 519 g/mol. The van der Waals surface area contributed by atoms with Crippen molar-refractivity contribution in [3.63, 3.8) is 0 Å². The van der Waals surface area contributed by atoms with Crippen LogP contribution in [-0.2, 0) is 30.6 Å². The average Bonchev–Trinajstić information content (AvgIpc) is 3.40. The van der Waals surface area contributed by atoms with Gasteiger partial charge in [-0.05, 0) is 72.6 Å². The van der Waals surface area contributed by atoms with Gasteiger partial charge in [-0.1, -0.05) is 91.0 Å². The molecule has 1 aliphatic carbocycles. The second-order valence-corrected chi connectivity index (χ2v) is 11.0. The lowest BCUT2D eigenvalue weighted by atomic mass is 9.85. The molecule has 2 atom stereocenters. The summed E-state index contributed by atoms with van der Waals surface area (Å²) in [7, 11) is 0. The van der Waals surface area contributed by atoms with E-state index in [9.17, 15) is 9.18 Å². The van der Waals surface area contributed by atoms with Gasteiger partial charge < -0.3 is 4.90 Å². The molecule has 39 heavy (non-hydrogen) atoms. The highest BCUT2D eigenvalue weighted by Crippen LogP contribution is 2.38. The van der Waals surface area contributed by atoms with E-state index in [1.807, 2.05) is 17.9 Å². The number of halogens is 1. The van der Waals surface area contributed by atoms with Gasteiger partial charge in [-0.3, -0.25) is 9.69 Å². The van der Waals surface area contributed by atoms with Gasteiger partial charge in [-0.2, -0.15) is 0 Å². The Morgan fingerprint density at radius 3 is 2.13 bits per heavy atom. The monoisotopic (exact) mass is 518 g/mol. The molecule has 0 aromatic heterocycles. The SMILES string of the molecule is Cc1ccccc1[C@H]1c2ccccc2CCN1[C@H](C)C(=O)N(Cc1ccccc1F)C1Cc2ccccc2C1. The molecule has 198 valence electrons. The number of carbonyl (C=O) groups excluding carboxylic acids is 1. The van der Waals surface area contributed by atoms with Crippen LogP contribution in [0, 0.1) is 12.7 Å². The van der Waals surface area contributed by atoms with Crippen molar-refractivity contribution in [2.75, 3.05) is 6.54 Å². The van der Waals surface area contributed by atoms with Crippen molar-refractivity contribution in [2.24, 2.45) is 0 Å². The van der Waals surface area contributed by atoms with Crippen LogP contribution in [0.1, 0.15) is 51.9 Å². The third kappa shape index (κ3) is 4.90. The summed E-state index contributed by atoms with van der Waals surface area (Å²) < 4.78 is 14.9. The molecule has 0 spiro atoms. The first-order valence-corrected chi connectivity index (χ1v) is 14.0. The number of benzene rings is 4. The number of aryl methyl sites for hydroxylation is 1. The minimum atomic E-state index is -0.363. The van der Waals surface area contributed by atoms with E-state index in [2.05, 4.69) is 84.6 Å². The van der Waals surface area contributed by atoms with Crippen LogP contribution in [0.3, 0.4) is 0 Å². The van der Waals surface area contributed by atoms with Gasteiger partial charge in [0.05, 0.1) is 12.1 Å². The number of hydrogen-bond donors (Lipinski definition) is 0. The Labute approximate surface area is 230 Å². The highest BCUT2D eigenvalue weighted by Gasteiger charge is 2.39. The van der Waals surface area contributed by atoms with Crippen LogP contribution in [0.4, 0.5) is 4.39 Å². The van der Waals surface area contributed by atoms with Crippen molar-refractivity contribution in [3.8, 4) is 0 Å². The highest BCUT2D eigenvalue weighted by atomic mass is 19.1. The lowest BCUT2D eigenvalue weighted by molar-refractivity contribution is -0.140. The van der Waals surface area contributed by atoms with E-state index in [-0.39, 0.29) is 36.4 Å². The van der Waals surface area contributed by atoms with E-state index in [1.165, 1.54) is 39.4 Å². The van der Waals surface area contributed by atoms with Gasteiger partial charge in [0, 0.05) is 24.7 Å². The fraction of sp³-hybridized carbons (Fsp3) is 0.286. The van der Waals surface area contributed by atoms with Gasteiger partial charge in [0.15, 0.2) is 0 Å². The summed E-state index contributed by atoms with van der Waals surface area (Å²) in [5.41, 5.74) is 8.20. The maximum absolute atomic E-state index is 14.9. The van der Waals surface area contributed by atoms with Crippen molar-refractivity contribution in [1.82, 2.24) is 9.80 Å². The third-order valence-corrected chi connectivity index (χ3v) is 8.71. The van der Waals surface area contributed by atoms with E-state index in [0.717, 1.165) is 25.8 Å². The Bertz CT molecular complexity index is 1470. The summed E-state index contributed by atoms with van der Waals surface area (Å²) in [4.78, 5) is 18.9. The second-order valence-electron chi connectivity index (χ2n) is 11.0. The van der Waals surface area contributed by atoms with Crippen LogP contribution < -0.4 is 0 Å². The molecule has 3 nitrogen and oxygen atoms in total. The molecule has 4 aromatic rings. The van der Waals surface area contributed by atoms with Crippen LogP contribution in [0.2, 0.25) is 0 Å². The fourth-order valence-corrected chi connectivity index (χ4v) is 6.58.